The maximum Gasteiger partial charge on any atom is 0.286 e. The second kappa shape index (κ2) is 8.79. The standard InChI is InChI=1S/C20H23N3O3S2/c1-3-12-23-17-10-5-6-11-18(17)28(25,26)22-20(23)27-14-19(24)21-16-9-7-8-15(4-2)13-16/h5-11,13H,3-4,12,14H2,1-2H3,(H,21,24). The summed E-state index contributed by atoms with van der Waals surface area (Å²) in [7, 11) is -3.76. The van der Waals surface area contributed by atoms with Gasteiger partial charge in [0, 0.05) is 12.2 Å². The van der Waals surface area contributed by atoms with E-state index in [1.165, 1.54) is 0 Å². The first kappa shape index (κ1) is 20.4. The minimum Gasteiger partial charge on any atom is -0.325 e. The van der Waals surface area contributed by atoms with Crippen LogP contribution in [0.3, 0.4) is 0 Å². The van der Waals surface area contributed by atoms with Gasteiger partial charge in [0.25, 0.3) is 10.0 Å². The molecule has 0 spiro atoms. The van der Waals surface area contributed by atoms with E-state index in [4.69, 9.17) is 0 Å². The number of para-hydroxylation sites is 1. The van der Waals surface area contributed by atoms with Crippen molar-refractivity contribution in [3.63, 3.8) is 0 Å². The molecule has 0 fully saturated rings. The average Bonchev–Trinajstić information content (AvgIpc) is 2.69. The molecule has 0 atom stereocenters. The molecule has 0 unspecified atom stereocenters. The van der Waals surface area contributed by atoms with Crippen molar-refractivity contribution in [1.29, 1.82) is 0 Å². The monoisotopic (exact) mass is 417 g/mol. The molecule has 28 heavy (non-hydrogen) atoms. The second-order valence-corrected chi connectivity index (χ2v) is 8.87. The normalized spacial score (nSPS) is 14.9. The minimum atomic E-state index is -3.76. The highest BCUT2D eigenvalue weighted by Gasteiger charge is 2.30. The number of amidine groups is 1. The van der Waals surface area contributed by atoms with E-state index in [0.29, 0.717) is 17.4 Å². The van der Waals surface area contributed by atoms with E-state index in [9.17, 15) is 13.2 Å². The first-order valence-corrected chi connectivity index (χ1v) is 11.6. The Morgan fingerprint density at radius 2 is 1.93 bits per heavy atom. The van der Waals surface area contributed by atoms with Crippen LogP contribution in [0.15, 0.2) is 57.8 Å². The zero-order chi connectivity index (χ0) is 20.1. The van der Waals surface area contributed by atoms with Crippen LogP contribution in [0.5, 0.6) is 0 Å². The van der Waals surface area contributed by atoms with Gasteiger partial charge in [-0.1, -0.05) is 49.9 Å². The van der Waals surface area contributed by atoms with Gasteiger partial charge in [0.1, 0.15) is 4.90 Å². The van der Waals surface area contributed by atoms with Gasteiger partial charge in [-0.3, -0.25) is 4.79 Å². The lowest BCUT2D eigenvalue weighted by Crippen LogP contribution is -2.35. The molecule has 1 aliphatic heterocycles. The number of carbonyl (C=O) groups is 1. The lowest BCUT2D eigenvalue weighted by Gasteiger charge is -2.29. The minimum absolute atomic E-state index is 0.0765. The Labute approximate surface area is 170 Å². The molecule has 0 saturated heterocycles. The third-order valence-corrected chi connectivity index (χ3v) is 6.67. The van der Waals surface area contributed by atoms with E-state index >= 15 is 0 Å². The Bertz CT molecular complexity index is 1000. The average molecular weight is 418 g/mol. The van der Waals surface area contributed by atoms with Gasteiger partial charge in [-0.25, -0.2) is 0 Å². The molecule has 2 aromatic rings. The third-order valence-electron chi connectivity index (χ3n) is 4.26. The van der Waals surface area contributed by atoms with Gasteiger partial charge < -0.3 is 10.2 Å². The highest BCUT2D eigenvalue weighted by Crippen LogP contribution is 2.34. The van der Waals surface area contributed by atoms with E-state index in [2.05, 4.69) is 16.6 Å². The van der Waals surface area contributed by atoms with Crippen LogP contribution in [0.2, 0.25) is 0 Å². The van der Waals surface area contributed by atoms with E-state index in [0.717, 1.165) is 35.9 Å². The zero-order valence-electron chi connectivity index (χ0n) is 15.9. The number of amides is 1. The summed E-state index contributed by atoms with van der Waals surface area (Å²) < 4.78 is 29.0. The molecule has 148 valence electrons. The van der Waals surface area contributed by atoms with Crippen LogP contribution >= 0.6 is 11.8 Å². The molecule has 0 saturated carbocycles. The lowest BCUT2D eigenvalue weighted by atomic mass is 10.1. The molecule has 2 aromatic carbocycles. The number of aryl methyl sites for hydroxylation is 1. The number of fused-ring (bicyclic) bond motifs is 1. The zero-order valence-corrected chi connectivity index (χ0v) is 17.5. The topological polar surface area (TPSA) is 78.8 Å². The lowest BCUT2D eigenvalue weighted by molar-refractivity contribution is -0.113. The molecule has 0 bridgehead atoms. The van der Waals surface area contributed by atoms with Gasteiger partial charge >= 0.3 is 0 Å². The molecule has 6 nitrogen and oxygen atoms in total. The van der Waals surface area contributed by atoms with E-state index in [-0.39, 0.29) is 16.6 Å². The highest BCUT2D eigenvalue weighted by molar-refractivity contribution is 8.15. The molecule has 0 aromatic heterocycles. The summed E-state index contributed by atoms with van der Waals surface area (Å²) in [6, 6.07) is 14.5. The molecule has 1 N–H and O–H groups in total. The van der Waals surface area contributed by atoms with Gasteiger partial charge in [0.15, 0.2) is 5.17 Å². The largest absolute Gasteiger partial charge is 0.325 e. The number of hydrogen-bond donors (Lipinski definition) is 1. The number of thioether (sulfide) groups is 1. The molecular weight excluding hydrogens is 394 g/mol. The van der Waals surface area contributed by atoms with Crippen molar-refractivity contribution in [3.05, 3.63) is 54.1 Å². The Morgan fingerprint density at radius 1 is 1.14 bits per heavy atom. The predicted octanol–water partition coefficient (Wildman–Crippen LogP) is 3.90. The van der Waals surface area contributed by atoms with E-state index < -0.39 is 10.0 Å². The molecular formula is C20H23N3O3S2. The fourth-order valence-electron chi connectivity index (χ4n) is 2.94. The van der Waals surface area contributed by atoms with E-state index in [1.54, 1.807) is 24.3 Å². The Hall–Kier alpha value is -2.32. The predicted molar refractivity (Wildman–Crippen MR) is 116 cm³/mol. The van der Waals surface area contributed by atoms with Gasteiger partial charge in [0.05, 0.1) is 11.4 Å². The van der Waals surface area contributed by atoms with Crippen molar-refractivity contribution < 1.29 is 13.2 Å². The maximum absolute atomic E-state index is 12.5. The van der Waals surface area contributed by atoms with Gasteiger partial charge in [-0.15, -0.1) is 4.40 Å². The molecule has 1 amide bonds. The van der Waals surface area contributed by atoms with Gasteiger partial charge in [-0.05, 0) is 42.7 Å². The van der Waals surface area contributed by atoms with Crippen LogP contribution in [-0.4, -0.2) is 31.8 Å². The van der Waals surface area contributed by atoms with Crippen molar-refractivity contribution >= 4 is 44.2 Å². The first-order chi connectivity index (χ1) is 13.4. The summed E-state index contributed by atoms with van der Waals surface area (Å²) in [5, 5.41) is 3.19. The molecule has 1 aliphatic rings. The molecule has 0 radical (unpaired) electrons. The Kier molecular flexibility index (Phi) is 6.41. The van der Waals surface area contributed by atoms with Crippen molar-refractivity contribution in [2.24, 2.45) is 4.40 Å². The Balaban J connectivity index is 1.75. The summed E-state index contributed by atoms with van der Waals surface area (Å²) in [5.41, 5.74) is 2.48. The number of nitrogens with one attached hydrogen (secondary N) is 1. The summed E-state index contributed by atoms with van der Waals surface area (Å²) in [5.74, 6) is -0.124. The van der Waals surface area contributed by atoms with Crippen molar-refractivity contribution in [2.45, 2.75) is 31.6 Å². The summed E-state index contributed by atoms with van der Waals surface area (Å²) >= 11 is 1.13. The number of anilines is 2. The van der Waals surface area contributed by atoms with Gasteiger partial charge in [0.2, 0.25) is 5.91 Å². The van der Waals surface area contributed by atoms with Crippen LogP contribution in [-0.2, 0) is 21.2 Å². The van der Waals surface area contributed by atoms with Crippen LogP contribution < -0.4 is 10.2 Å². The van der Waals surface area contributed by atoms with Crippen molar-refractivity contribution in [1.82, 2.24) is 0 Å². The van der Waals surface area contributed by atoms with Crippen LogP contribution in [0, 0.1) is 0 Å². The fraction of sp³-hybridized carbons (Fsp3) is 0.300. The SMILES string of the molecule is CCCN1C(SCC(=O)Nc2cccc(CC)c2)=NS(=O)(=O)c2ccccc21. The van der Waals surface area contributed by atoms with Crippen LogP contribution in [0.25, 0.3) is 0 Å². The summed E-state index contributed by atoms with van der Waals surface area (Å²) in [6.45, 7) is 4.69. The van der Waals surface area contributed by atoms with Crippen molar-refractivity contribution in [2.75, 3.05) is 22.5 Å². The molecule has 0 aliphatic carbocycles. The molecule has 8 heteroatoms. The molecule has 1 heterocycles. The Morgan fingerprint density at radius 3 is 2.68 bits per heavy atom. The highest BCUT2D eigenvalue weighted by atomic mass is 32.2. The number of hydrogen-bond acceptors (Lipinski definition) is 5. The summed E-state index contributed by atoms with van der Waals surface area (Å²) in [4.78, 5) is 14.4. The fourth-order valence-corrected chi connectivity index (χ4v) is 5.22. The summed E-state index contributed by atoms with van der Waals surface area (Å²) in [6.07, 6.45) is 1.71. The smallest absolute Gasteiger partial charge is 0.286 e. The maximum atomic E-state index is 12.5. The van der Waals surface area contributed by atoms with E-state index in [1.807, 2.05) is 36.1 Å². The third kappa shape index (κ3) is 4.56. The number of nitrogens with zero attached hydrogens (tertiary/aromatic N) is 2. The first-order valence-electron chi connectivity index (χ1n) is 9.17. The van der Waals surface area contributed by atoms with Crippen LogP contribution in [0.1, 0.15) is 25.8 Å². The number of benzene rings is 2. The van der Waals surface area contributed by atoms with Gasteiger partial charge in [-0.2, -0.15) is 8.42 Å². The molecule has 3 rings (SSSR count). The second-order valence-electron chi connectivity index (χ2n) is 6.36. The van der Waals surface area contributed by atoms with Crippen molar-refractivity contribution in [3.8, 4) is 0 Å². The number of carbonyl (C=O) groups excluding carboxylic acids is 1. The number of rotatable bonds is 6. The quantitative estimate of drug-likeness (QED) is 0.771. The number of sulfonamides is 1. The van der Waals surface area contributed by atoms with Crippen LogP contribution in [0.4, 0.5) is 11.4 Å².